The molecule has 0 fully saturated rings. The molecular formula is C20H18N2O6S. The molecule has 0 radical (unpaired) electrons. The number of amides is 1. The fourth-order valence-corrected chi connectivity index (χ4v) is 4.68. The molecule has 0 bridgehead atoms. The molecule has 1 aliphatic rings. The standard InChI is InChI=1S/C20H18N2O6S/c23-20(17-4-2-8-26-17)22-13-19(14-3-1-7-21-12-14)29(24,25)15-5-6-16-18(11-15)28-10-9-27-16/h1-8,11-12,19H,9-10,13H2,(H,22,23)/t19-/m1/s1. The minimum atomic E-state index is -3.87. The lowest BCUT2D eigenvalue weighted by molar-refractivity contribution is 0.0926. The molecule has 2 aromatic heterocycles. The number of carbonyl (C=O) groups is 1. The Kier molecular flexibility index (Phi) is 5.22. The molecule has 29 heavy (non-hydrogen) atoms. The Morgan fingerprint density at radius 2 is 1.93 bits per heavy atom. The molecule has 1 atom stereocenters. The summed E-state index contributed by atoms with van der Waals surface area (Å²) in [6, 6.07) is 10.9. The van der Waals surface area contributed by atoms with Crippen molar-refractivity contribution in [2.24, 2.45) is 0 Å². The number of hydrogen-bond donors (Lipinski definition) is 1. The van der Waals surface area contributed by atoms with Crippen LogP contribution in [0.3, 0.4) is 0 Å². The lowest BCUT2D eigenvalue weighted by Gasteiger charge is -2.21. The van der Waals surface area contributed by atoms with Gasteiger partial charge in [-0.2, -0.15) is 0 Å². The van der Waals surface area contributed by atoms with Crippen molar-refractivity contribution in [1.29, 1.82) is 0 Å². The summed E-state index contributed by atoms with van der Waals surface area (Å²) in [6.07, 6.45) is 4.40. The third kappa shape index (κ3) is 3.95. The Bertz CT molecular complexity index is 1100. The maximum absolute atomic E-state index is 13.4. The maximum atomic E-state index is 13.4. The first-order chi connectivity index (χ1) is 14.1. The van der Waals surface area contributed by atoms with Gasteiger partial charge in [0.15, 0.2) is 27.1 Å². The summed E-state index contributed by atoms with van der Waals surface area (Å²) in [5, 5.41) is 1.58. The van der Waals surface area contributed by atoms with Crippen LogP contribution in [0.1, 0.15) is 21.4 Å². The van der Waals surface area contributed by atoms with Crippen molar-refractivity contribution < 1.29 is 27.1 Å². The van der Waals surface area contributed by atoms with Gasteiger partial charge in [-0.25, -0.2) is 8.42 Å². The molecule has 1 aromatic carbocycles. The minimum Gasteiger partial charge on any atom is -0.486 e. The molecule has 1 N–H and O–H groups in total. The van der Waals surface area contributed by atoms with Gasteiger partial charge in [-0.05, 0) is 35.9 Å². The number of aromatic nitrogens is 1. The Morgan fingerprint density at radius 1 is 1.10 bits per heavy atom. The largest absolute Gasteiger partial charge is 0.486 e. The van der Waals surface area contributed by atoms with Gasteiger partial charge in [-0.3, -0.25) is 9.78 Å². The molecule has 8 nitrogen and oxygen atoms in total. The normalized spacial score (nSPS) is 14.2. The van der Waals surface area contributed by atoms with E-state index in [4.69, 9.17) is 13.9 Å². The summed E-state index contributed by atoms with van der Waals surface area (Å²) in [4.78, 5) is 16.3. The van der Waals surface area contributed by atoms with Gasteiger partial charge in [0.25, 0.3) is 5.91 Å². The summed E-state index contributed by atoms with van der Waals surface area (Å²) in [7, 11) is -3.87. The molecule has 0 aliphatic carbocycles. The van der Waals surface area contributed by atoms with E-state index in [1.54, 1.807) is 30.5 Å². The van der Waals surface area contributed by atoms with Gasteiger partial charge >= 0.3 is 0 Å². The van der Waals surface area contributed by atoms with Crippen LogP contribution in [0.15, 0.2) is 70.4 Å². The van der Waals surface area contributed by atoms with Crippen LogP contribution in [0.4, 0.5) is 0 Å². The number of carbonyl (C=O) groups excluding carboxylic acids is 1. The zero-order chi connectivity index (χ0) is 20.3. The van der Waals surface area contributed by atoms with Gasteiger partial charge in [0.05, 0.1) is 11.2 Å². The van der Waals surface area contributed by atoms with Gasteiger partial charge in [-0.15, -0.1) is 0 Å². The van der Waals surface area contributed by atoms with E-state index in [0.29, 0.717) is 30.3 Å². The first-order valence-corrected chi connectivity index (χ1v) is 10.5. The second-order valence-electron chi connectivity index (χ2n) is 6.31. The summed E-state index contributed by atoms with van der Waals surface area (Å²) >= 11 is 0. The molecule has 3 heterocycles. The summed E-state index contributed by atoms with van der Waals surface area (Å²) < 4.78 is 42.9. The minimum absolute atomic E-state index is 0.0721. The van der Waals surface area contributed by atoms with Crippen molar-refractivity contribution in [3.8, 4) is 11.5 Å². The second-order valence-corrected chi connectivity index (χ2v) is 8.44. The average molecular weight is 414 g/mol. The number of nitrogens with zero attached hydrogens (tertiary/aromatic N) is 1. The number of sulfone groups is 1. The predicted molar refractivity (Wildman–Crippen MR) is 103 cm³/mol. The maximum Gasteiger partial charge on any atom is 0.287 e. The summed E-state index contributed by atoms with van der Waals surface area (Å²) in [6.45, 7) is 0.611. The predicted octanol–water partition coefficient (Wildman–Crippen LogP) is 2.39. The van der Waals surface area contributed by atoms with Crippen molar-refractivity contribution in [1.82, 2.24) is 10.3 Å². The highest BCUT2D eigenvalue weighted by atomic mass is 32.2. The summed E-state index contributed by atoms with van der Waals surface area (Å²) in [5.74, 6) is 0.481. The zero-order valence-electron chi connectivity index (χ0n) is 15.3. The van der Waals surface area contributed by atoms with Crippen LogP contribution in [0.2, 0.25) is 0 Å². The van der Waals surface area contributed by atoms with Crippen LogP contribution in [0.5, 0.6) is 11.5 Å². The fourth-order valence-electron chi connectivity index (χ4n) is 3.02. The van der Waals surface area contributed by atoms with Crippen LogP contribution >= 0.6 is 0 Å². The van der Waals surface area contributed by atoms with E-state index in [1.165, 1.54) is 30.7 Å². The van der Waals surface area contributed by atoms with E-state index < -0.39 is 21.0 Å². The van der Waals surface area contributed by atoms with Gasteiger partial charge in [0, 0.05) is 25.0 Å². The van der Waals surface area contributed by atoms with Crippen LogP contribution < -0.4 is 14.8 Å². The van der Waals surface area contributed by atoms with Crippen LogP contribution in [-0.2, 0) is 9.84 Å². The quantitative estimate of drug-likeness (QED) is 0.660. The zero-order valence-corrected chi connectivity index (χ0v) is 16.1. The highest BCUT2D eigenvalue weighted by Gasteiger charge is 2.31. The molecule has 150 valence electrons. The van der Waals surface area contributed by atoms with Gasteiger partial charge in [0.1, 0.15) is 18.5 Å². The van der Waals surface area contributed by atoms with Crippen LogP contribution in [0.25, 0.3) is 0 Å². The third-order valence-corrected chi connectivity index (χ3v) is 6.56. The average Bonchev–Trinajstić information content (AvgIpc) is 3.29. The van der Waals surface area contributed by atoms with E-state index in [0.717, 1.165) is 0 Å². The number of benzene rings is 1. The fraction of sp³-hybridized carbons (Fsp3) is 0.200. The van der Waals surface area contributed by atoms with Crippen molar-refractivity contribution in [3.63, 3.8) is 0 Å². The van der Waals surface area contributed by atoms with Crippen molar-refractivity contribution in [3.05, 3.63) is 72.4 Å². The van der Waals surface area contributed by atoms with Crippen molar-refractivity contribution in [2.45, 2.75) is 10.1 Å². The first-order valence-electron chi connectivity index (χ1n) is 8.91. The Hall–Kier alpha value is -3.33. The van der Waals surface area contributed by atoms with Gasteiger partial charge in [-0.1, -0.05) is 6.07 Å². The molecule has 0 saturated carbocycles. The number of furan rings is 1. The number of ether oxygens (including phenoxy) is 2. The number of pyridine rings is 1. The Labute approximate surface area is 167 Å². The highest BCUT2D eigenvalue weighted by molar-refractivity contribution is 7.91. The highest BCUT2D eigenvalue weighted by Crippen LogP contribution is 2.36. The molecule has 0 unspecified atom stereocenters. The van der Waals surface area contributed by atoms with Crippen LogP contribution in [-0.4, -0.2) is 39.1 Å². The van der Waals surface area contributed by atoms with E-state index in [1.807, 2.05) is 0 Å². The third-order valence-electron chi connectivity index (χ3n) is 4.47. The number of nitrogens with one attached hydrogen (secondary N) is 1. The molecule has 9 heteroatoms. The topological polar surface area (TPSA) is 108 Å². The molecule has 4 rings (SSSR count). The number of hydrogen-bond acceptors (Lipinski definition) is 7. The molecule has 1 aliphatic heterocycles. The Balaban J connectivity index is 1.65. The van der Waals surface area contributed by atoms with Crippen molar-refractivity contribution >= 4 is 15.7 Å². The Morgan fingerprint density at radius 3 is 2.66 bits per heavy atom. The van der Waals surface area contributed by atoms with Gasteiger partial charge in [0.2, 0.25) is 0 Å². The monoisotopic (exact) mass is 414 g/mol. The van der Waals surface area contributed by atoms with E-state index >= 15 is 0 Å². The summed E-state index contributed by atoms with van der Waals surface area (Å²) in [5.41, 5.74) is 0.460. The SMILES string of the molecule is O=C(NC[C@H](c1cccnc1)S(=O)(=O)c1ccc2c(c1)OCCO2)c1ccco1. The molecule has 3 aromatic rings. The van der Waals surface area contributed by atoms with E-state index in [-0.39, 0.29) is 17.2 Å². The smallest absolute Gasteiger partial charge is 0.287 e. The van der Waals surface area contributed by atoms with E-state index in [9.17, 15) is 13.2 Å². The molecule has 1 amide bonds. The number of fused-ring (bicyclic) bond motifs is 1. The number of rotatable bonds is 6. The van der Waals surface area contributed by atoms with Gasteiger partial charge < -0.3 is 19.2 Å². The molecule has 0 saturated heterocycles. The van der Waals surface area contributed by atoms with Crippen molar-refractivity contribution in [2.75, 3.05) is 19.8 Å². The first kappa shape index (κ1) is 19.0. The molecule has 0 spiro atoms. The van der Waals surface area contributed by atoms with Crippen LogP contribution in [0, 0.1) is 0 Å². The van der Waals surface area contributed by atoms with E-state index in [2.05, 4.69) is 10.3 Å². The lowest BCUT2D eigenvalue weighted by atomic mass is 10.2. The second kappa shape index (κ2) is 7.96. The molecular weight excluding hydrogens is 396 g/mol. The lowest BCUT2D eigenvalue weighted by Crippen LogP contribution is -2.32.